The van der Waals surface area contributed by atoms with Crippen molar-refractivity contribution in [3.8, 4) is 0 Å². The van der Waals surface area contributed by atoms with Gasteiger partial charge in [-0.1, -0.05) is 95.2 Å². The summed E-state index contributed by atoms with van der Waals surface area (Å²) in [5, 5.41) is 24.2. The van der Waals surface area contributed by atoms with Crippen LogP contribution in [0.1, 0.15) is 48.0 Å². The molecule has 0 bridgehead atoms. The van der Waals surface area contributed by atoms with Gasteiger partial charge in [-0.15, -0.1) is 0 Å². The van der Waals surface area contributed by atoms with E-state index in [1.54, 1.807) is 6.92 Å². The largest absolute Gasteiger partial charge is 0.342 e. The molecule has 70 heavy (non-hydrogen) atoms. The van der Waals surface area contributed by atoms with Gasteiger partial charge in [0, 0.05) is 123 Å². The zero-order valence-electron chi connectivity index (χ0n) is 39.8. The van der Waals surface area contributed by atoms with E-state index in [0.29, 0.717) is 62.6 Å². The minimum absolute atomic E-state index is 0.102. The summed E-state index contributed by atoms with van der Waals surface area (Å²) in [6.45, 7) is 12.6. The first-order valence-electron chi connectivity index (χ1n) is 23.6. The summed E-state index contributed by atoms with van der Waals surface area (Å²) in [7, 11) is 0. The molecule has 0 aliphatic heterocycles. The molecule has 0 heterocycles. The van der Waals surface area contributed by atoms with Gasteiger partial charge >= 0.3 is 17.9 Å². The van der Waals surface area contributed by atoms with Gasteiger partial charge in [-0.3, -0.25) is 0 Å². The first-order chi connectivity index (χ1) is 34.1. The molecule has 12 heteroatoms. The fraction of sp³-hybridized carbons (Fsp3) is 0.172. The zero-order chi connectivity index (χ0) is 48.6. The minimum Gasteiger partial charge on any atom is -0.342 e. The number of nitrogens with zero attached hydrogens (tertiary/aromatic N) is 6. The molecule has 0 aliphatic rings. The van der Waals surface area contributed by atoms with Gasteiger partial charge in [-0.2, -0.15) is 0 Å². The number of hydrogen-bond acceptors (Lipinski definition) is 12. The van der Waals surface area contributed by atoms with Crippen LogP contribution in [0.3, 0.4) is 0 Å². The maximum atomic E-state index is 13.1. The Bertz CT molecular complexity index is 3790. The summed E-state index contributed by atoms with van der Waals surface area (Å²) in [4.78, 5) is 62.4. The smallest absolute Gasteiger partial charge is 0.334 e. The molecule has 0 spiro atoms. The van der Waals surface area contributed by atoms with Gasteiger partial charge in [0.05, 0.1) is 0 Å². The first-order valence-corrected chi connectivity index (χ1v) is 23.6. The molecule has 0 saturated heterocycles. The lowest BCUT2D eigenvalue weighted by Crippen LogP contribution is -2.16. The number of hydrogen-bond donors (Lipinski definition) is 0. The Morgan fingerprint density at radius 1 is 0.371 bits per heavy atom. The molecule has 348 valence electrons. The van der Waals surface area contributed by atoms with Gasteiger partial charge in [0.15, 0.2) is 0 Å². The second kappa shape index (κ2) is 18.8. The SMILES string of the molecule is CCC(=O)O/N=c1\c2cc(N(CC)c3ccccc3)ccc2c2c3/c(=N/OC(C)=O)c4cc(N(CC)c5ccccc5)ccc4c3c3/c(=N/OC(C)=O)c4cc(N(CC)c5ccccc5)ccc4c3c12. The van der Waals surface area contributed by atoms with E-state index in [9.17, 15) is 14.4 Å². The van der Waals surface area contributed by atoms with Crippen LogP contribution in [0.2, 0.25) is 0 Å². The van der Waals surface area contributed by atoms with Crippen LogP contribution in [0.15, 0.2) is 161 Å². The van der Waals surface area contributed by atoms with Gasteiger partial charge < -0.3 is 29.2 Å². The zero-order valence-corrected chi connectivity index (χ0v) is 39.8. The van der Waals surface area contributed by atoms with Crippen molar-refractivity contribution in [2.24, 2.45) is 15.5 Å². The lowest BCUT2D eigenvalue weighted by molar-refractivity contribution is -0.144. The van der Waals surface area contributed by atoms with Crippen molar-refractivity contribution in [1.29, 1.82) is 0 Å². The molecular formula is C58H50N6O6. The fourth-order valence-electron chi connectivity index (χ4n) is 10.0. The van der Waals surface area contributed by atoms with Crippen LogP contribution in [0.5, 0.6) is 0 Å². The van der Waals surface area contributed by atoms with E-state index in [0.717, 1.165) is 71.8 Å². The lowest BCUT2D eigenvalue weighted by atomic mass is 9.99. The van der Waals surface area contributed by atoms with Crippen molar-refractivity contribution in [3.05, 3.63) is 162 Å². The normalized spacial score (nSPS) is 12.5. The van der Waals surface area contributed by atoms with Crippen LogP contribution in [-0.4, -0.2) is 37.5 Å². The third-order valence-corrected chi connectivity index (χ3v) is 12.9. The second-order valence-corrected chi connectivity index (χ2v) is 17.0. The number of benzene rings is 7. The Labute approximate surface area is 403 Å². The number of anilines is 6. The lowest BCUT2D eigenvalue weighted by Gasteiger charge is -2.23. The Hall–Kier alpha value is -8.64. The van der Waals surface area contributed by atoms with Crippen LogP contribution in [0.4, 0.5) is 34.1 Å². The summed E-state index contributed by atoms with van der Waals surface area (Å²) in [5.74, 6) is -1.69. The van der Waals surface area contributed by atoms with Gasteiger partial charge in [0.2, 0.25) is 0 Å². The molecule has 10 rings (SSSR count). The molecule has 0 radical (unpaired) electrons. The van der Waals surface area contributed by atoms with Crippen molar-refractivity contribution in [2.45, 2.75) is 48.0 Å². The third kappa shape index (κ3) is 7.76. The third-order valence-electron chi connectivity index (χ3n) is 12.9. The summed E-state index contributed by atoms with van der Waals surface area (Å²) in [5.41, 5.74) is 5.70. The van der Waals surface area contributed by atoms with E-state index in [1.165, 1.54) is 13.8 Å². The average molecular weight is 927 g/mol. The highest BCUT2D eigenvalue weighted by molar-refractivity contribution is 6.42. The number of rotatable bonds is 13. The van der Waals surface area contributed by atoms with Crippen molar-refractivity contribution < 1.29 is 28.9 Å². The molecule has 0 saturated carbocycles. The Morgan fingerprint density at radius 3 is 0.943 bits per heavy atom. The summed E-state index contributed by atoms with van der Waals surface area (Å²) >= 11 is 0. The van der Waals surface area contributed by atoms with Gasteiger partial charge in [-0.25, -0.2) is 14.4 Å². The van der Waals surface area contributed by atoms with E-state index in [2.05, 4.69) is 126 Å². The van der Waals surface area contributed by atoms with Crippen molar-refractivity contribution in [3.63, 3.8) is 0 Å². The maximum Gasteiger partial charge on any atom is 0.334 e. The predicted molar refractivity (Wildman–Crippen MR) is 279 cm³/mol. The van der Waals surface area contributed by atoms with Crippen LogP contribution in [-0.2, 0) is 28.9 Å². The molecule has 0 N–H and O–H groups in total. The molecule has 10 aromatic carbocycles. The molecule has 0 atom stereocenters. The summed E-state index contributed by atoms with van der Waals surface area (Å²) in [6.07, 6.45) is 0.102. The first kappa shape index (κ1) is 45.2. The Balaban J connectivity index is 1.46. The number of carbonyl (C=O) groups is 3. The monoisotopic (exact) mass is 926 g/mol. The van der Waals surface area contributed by atoms with Crippen molar-refractivity contribution >= 4 is 117 Å². The van der Waals surface area contributed by atoms with Crippen molar-refractivity contribution in [1.82, 2.24) is 0 Å². The average Bonchev–Trinajstić information content (AvgIpc) is 4.00. The highest BCUT2D eigenvalue weighted by Gasteiger charge is 2.28. The molecule has 0 aromatic heterocycles. The maximum absolute atomic E-state index is 13.1. The van der Waals surface area contributed by atoms with Gasteiger partial charge in [-0.05, 0) is 110 Å². The Morgan fingerprint density at radius 2 is 0.671 bits per heavy atom. The van der Waals surface area contributed by atoms with Gasteiger partial charge in [0.1, 0.15) is 16.1 Å². The summed E-state index contributed by atoms with van der Waals surface area (Å²) < 4.78 is 0. The number of para-hydroxylation sites is 3. The standard InChI is InChI=1S/C58H50N6O6/c1-7-49(67)70-61-58-48-34-42(64(10-4)39-24-18-13-19-25-39)28-31-45(48)52-54-50(43-29-26-40(32-46(43)56(54)59-68-35(5)65)62(8-2)37-20-14-11-15-21-37)53-51(55(52)58)44-30-27-41(33-47(44)57(53)60-69-36(6)66)63(9-3)38-22-16-12-17-23-38/h11-34H,7-10H2,1-6H3/b59-56+,60-57+,61-58+. The van der Waals surface area contributed by atoms with Crippen LogP contribution in [0, 0.1) is 0 Å². The fourth-order valence-corrected chi connectivity index (χ4v) is 10.0. The van der Waals surface area contributed by atoms with Crippen LogP contribution in [0.25, 0.3) is 64.6 Å². The van der Waals surface area contributed by atoms with E-state index >= 15 is 0 Å². The number of fused-ring (bicyclic) bond motifs is 12. The van der Waals surface area contributed by atoms with E-state index in [-0.39, 0.29) is 6.42 Å². The minimum atomic E-state index is -0.591. The quantitative estimate of drug-likeness (QED) is 0.0820. The van der Waals surface area contributed by atoms with Crippen molar-refractivity contribution in [2.75, 3.05) is 34.3 Å². The molecule has 10 aromatic rings. The molecule has 0 aliphatic carbocycles. The molecule has 0 unspecified atom stereocenters. The molecule has 12 nitrogen and oxygen atoms in total. The van der Waals surface area contributed by atoms with E-state index in [4.69, 9.17) is 30.0 Å². The predicted octanol–water partition coefficient (Wildman–Crippen LogP) is 11.9. The number of carbonyl (C=O) groups excluding carboxylic acids is 3. The van der Waals surface area contributed by atoms with Crippen LogP contribution >= 0.6 is 0 Å². The highest BCUT2D eigenvalue weighted by atomic mass is 16.7. The van der Waals surface area contributed by atoms with E-state index in [1.807, 2.05) is 54.6 Å². The molecular weight excluding hydrogens is 877 g/mol. The Kier molecular flexibility index (Phi) is 12.1. The second-order valence-electron chi connectivity index (χ2n) is 17.0. The van der Waals surface area contributed by atoms with Crippen LogP contribution < -0.4 is 30.8 Å². The highest BCUT2D eigenvalue weighted by Crippen LogP contribution is 2.45. The molecule has 0 amide bonds. The van der Waals surface area contributed by atoms with Gasteiger partial charge in [0.25, 0.3) is 0 Å². The molecule has 0 fully saturated rings. The van der Waals surface area contributed by atoms with E-state index < -0.39 is 17.9 Å². The summed E-state index contributed by atoms with van der Waals surface area (Å²) in [6, 6.07) is 49.1. The topological polar surface area (TPSA) is 126 Å².